The third kappa shape index (κ3) is 4.26. The number of aliphatic hydroxyl groups is 1. The number of hydrogen-bond acceptors (Lipinski definition) is 8. The van der Waals surface area contributed by atoms with E-state index in [9.17, 15) is 23.4 Å². The molecule has 3 atom stereocenters. The van der Waals surface area contributed by atoms with Crippen LogP contribution in [0, 0.1) is 0 Å². The Morgan fingerprint density at radius 1 is 1.43 bits per heavy atom. The number of carboxylic acid groups (broad SMARTS) is 1. The molecule has 1 aliphatic rings. The molecule has 1 fully saturated rings. The van der Waals surface area contributed by atoms with E-state index in [1.165, 1.54) is 27.1 Å². The molecule has 2 aromatic heterocycles. The van der Waals surface area contributed by atoms with Gasteiger partial charge in [0.2, 0.25) is 0 Å². The van der Waals surface area contributed by atoms with Crippen LogP contribution in [0.25, 0.3) is 11.0 Å². The predicted molar refractivity (Wildman–Crippen MR) is 106 cm³/mol. The van der Waals surface area contributed by atoms with Gasteiger partial charge in [0.25, 0.3) is 0 Å². The van der Waals surface area contributed by atoms with Gasteiger partial charge in [0, 0.05) is 24.2 Å². The fraction of sp³-hybridized carbons (Fsp3) is 0.611. The maximum Gasteiger partial charge on any atom is 0.423 e. The monoisotopic (exact) mass is 442 g/mol. The summed E-state index contributed by atoms with van der Waals surface area (Å²) in [7, 11) is -4.59. The van der Waals surface area contributed by atoms with Crippen LogP contribution in [0.15, 0.2) is 18.7 Å². The van der Waals surface area contributed by atoms with E-state index >= 15 is 0 Å². The molecule has 3 heterocycles. The molecule has 0 saturated carbocycles. The largest absolute Gasteiger partial charge is 0.464 e. The summed E-state index contributed by atoms with van der Waals surface area (Å²) in [6.07, 6.45) is 1.79. The Balaban J connectivity index is 1.76. The first-order valence-electron chi connectivity index (χ1n) is 9.51. The molecule has 0 radical (unpaired) electrons. The van der Waals surface area contributed by atoms with Crippen molar-refractivity contribution in [2.24, 2.45) is 0 Å². The van der Waals surface area contributed by atoms with E-state index in [1.54, 1.807) is 10.8 Å². The number of nitrogens with zero attached hydrogens (tertiary/aromatic N) is 4. The Labute approximate surface area is 174 Å². The van der Waals surface area contributed by atoms with E-state index in [4.69, 9.17) is 8.92 Å². The minimum Gasteiger partial charge on any atom is -0.464 e. The minimum absolute atomic E-state index is 0.201. The summed E-state index contributed by atoms with van der Waals surface area (Å²) in [5, 5.41) is 20.5. The van der Waals surface area contributed by atoms with Crippen molar-refractivity contribution in [3.05, 3.63) is 24.3 Å². The van der Waals surface area contributed by atoms with Crippen molar-refractivity contribution < 1.29 is 32.3 Å². The van der Waals surface area contributed by atoms with Crippen molar-refractivity contribution in [2.45, 2.75) is 64.5 Å². The van der Waals surface area contributed by atoms with Crippen LogP contribution in [0.4, 0.5) is 4.79 Å². The number of aromatic nitrogens is 3. The van der Waals surface area contributed by atoms with Gasteiger partial charge in [-0.1, -0.05) is 6.92 Å². The maximum atomic E-state index is 12.4. The summed E-state index contributed by atoms with van der Waals surface area (Å²) >= 11 is 0. The van der Waals surface area contributed by atoms with E-state index in [1.807, 2.05) is 13.1 Å². The van der Waals surface area contributed by atoms with E-state index in [0.717, 1.165) is 17.4 Å². The van der Waals surface area contributed by atoms with Gasteiger partial charge in [-0.2, -0.15) is 12.7 Å². The molecule has 1 amide bonds. The summed E-state index contributed by atoms with van der Waals surface area (Å²) in [5.74, 6) is 0. The second-order valence-electron chi connectivity index (χ2n) is 8.07. The van der Waals surface area contributed by atoms with E-state index in [2.05, 4.69) is 9.97 Å². The van der Waals surface area contributed by atoms with Gasteiger partial charge in [-0.3, -0.25) is 4.18 Å². The smallest absolute Gasteiger partial charge is 0.423 e. The van der Waals surface area contributed by atoms with Crippen LogP contribution in [-0.2, 0) is 25.6 Å². The maximum absolute atomic E-state index is 12.4. The van der Waals surface area contributed by atoms with Crippen molar-refractivity contribution in [1.82, 2.24) is 18.8 Å². The number of hydrogen-bond donors (Lipinski definition) is 2. The SMILES string of the molecule is CCc1cn([C@H]2C[C@H](O)[C@@H](COS(=O)(=O)N(C(=O)O)C(C)(C)C)O2)c2ncncc12. The third-order valence-corrected chi connectivity index (χ3v) is 6.44. The molecule has 1 aliphatic heterocycles. The summed E-state index contributed by atoms with van der Waals surface area (Å²) in [4.78, 5) is 19.8. The summed E-state index contributed by atoms with van der Waals surface area (Å²) in [6.45, 7) is 5.78. The molecule has 30 heavy (non-hydrogen) atoms. The lowest BCUT2D eigenvalue weighted by Gasteiger charge is -2.31. The highest BCUT2D eigenvalue weighted by atomic mass is 32.2. The number of fused-ring (bicyclic) bond motifs is 1. The molecular formula is C18H26N4O7S. The summed E-state index contributed by atoms with van der Waals surface area (Å²) in [5.41, 5.74) is 0.439. The van der Waals surface area contributed by atoms with Gasteiger partial charge in [0.05, 0.1) is 18.2 Å². The number of ether oxygens (including phenoxy) is 1. The van der Waals surface area contributed by atoms with Crippen molar-refractivity contribution in [3.8, 4) is 0 Å². The molecule has 2 aromatic rings. The fourth-order valence-electron chi connectivity index (χ4n) is 3.51. The van der Waals surface area contributed by atoms with Crippen molar-refractivity contribution in [2.75, 3.05) is 6.61 Å². The van der Waals surface area contributed by atoms with E-state index in [0.29, 0.717) is 5.65 Å². The van der Waals surface area contributed by atoms with E-state index < -0.39 is 47.0 Å². The van der Waals surface area contributed by atoms with Crippen LogP contribution in [0.1, 0.15) is 45.9 Å². The molecule has 0 unspecified atom stereocenters. The zero-order chi connectivity index (χ0) is 22.3. The van der Waals surface area contributed by atoms with Crippen LogP contribution in [0.2, 0.25) is 0 Å². The molecule has 3 rings (SSSR count). The molecule has 2 N–H and O–H groups in total. The Morgan fingerprint density at radius 3 is 2.73 bits per heavy atom. The molecule has 0 aromatic carbocycles. The van der Waals surface area contributed by atoms with Gasteiger partial charge in [0.15, 0.2) is 0 Å². The number of aliphatic hydroxyl groups excluding tert-OH is 1. The number of carbonyl (C=O) groups is 1. The summed E-state index contributed by atoms with van der Waals surface area (Å²) < 4.78 is 37.6. The normalized spacial score (nSPS) is 22.5. The Bertz CT molecular complexity index is 1030. The molecular weight excluding hydrogens is 416 g/mol. The van der Waals surface area contributed by atoms with E-state index in [-0.39, 0.29) is 10.7 Å². The van der Waals surface area contributed by atoms with Crippen LogP contribution in [0.3, 0.4) is 0 Å². The van der Waals surface area contributed by atoms with Gasteiger partial charge in [-0.05, 0) is 32.8 Å². The third-order valence-electron chi connectivity index (χ3n) is 4.86. The van der Waals surface area contributed by atoms with Gasteiger partial charge < -0.3 is 19.5 Å². The van der Waals surface area contributed by atoms with Crippen molar-refractivity contribution in [1.29, 1.82) is 0 Å². The second kappa shape index (κ2) is 8.10. The molecule has 12 heteroatoms. The zero-order valence-electron chi connectivity index (χ0n) is 17.2. The van der Waals surface area contributed by atoms with Crippen molar-refractivity contribution >= 4 is 27.4 Å². The Morgan fingerprint density at radius 2 is 2.13 bits per heavy atom. The predicted octanol–water partition coefficient (Wildman–Crippen LogP) is 1.68. The van der Waals surface area contributed by atoms with Gasteiger partial charge in [0.1, 0.15) is 24.3 Å². The first-order chi connectivity index (χ1) is 14.0. The molecule has 1 saturated heterocycles. The number of rotatable bonds is 6. The molecule has 11 nitrogen and oxygen atoms in total. The number of aryl methyl sites for hydroxylation is 1. The van der Waals surface area contributed by atoms with Crippen LogP contribution in [-0.4, -0.2) is 67.9 Å². The van der Waals surface area contributed by atoms with Crippen molar-refractivity contribution in [3.63, 3.8) is 0 Å². The molecule has 0 bridgehead atoms. The summed E-state index contributed by atoms with van der Waals surface area (Å²) in [6, 6.07) is 0. The van der Waals surface area contributed by atoms with Crippen LogP contribution >= 0.6 is 0 Å². The lowest BCUT2D eigenvalue weighted by atomic mass is 10.1. The molecule has 0 spiro atoms. The van der Waals surface area contributed by atoms with Gasteiger partial charge in [-0.25, -0.2) is 14.8 Å². The molecule has 166 valence electrons. The number of amides is 1. The Hall–Kier alpha value is -2.28. The molecule has 0 aliphatic carbocycles. The lowest BCUT2D eigenvalue weighted by Crippen LogP contribution is -2.50. The quantitative estimate of drug-likeness (QED) is 0.682. The fourth-order valence-corrected chi connectivity index (χ4v) is 4.79. The Kier molecular flexibility index (Phi) is 6.05. The zero-order valence-corrected chi connectivity index (χ0v) is 18.0. The average molecular weight is 442 g/mol. The first-order valence-corrected chi connectivity index (χ1v) is 10.9. The highest BCUT2D eigenvalue weighted by molar-refractivity contribution is 7.84. The standard InChI is InChI=1S/C18H26N4O7S/c1-5-11-8-21(16-12(11)7-19-10-20-16)15-6-13(23)14(29-15)9-28-30(26,27)22(17(24)25)18(2,3)4/h7-8,10,13-15,23H,5-6,9H2,1-4H3,(H,24,25)/t13-,14+,15+/m0/s1. The lowest BCUT2D eigenvalue weighted by molar-refractivity contribution is -0.0384. The first kappa shape index (κ1) is 22.4. The average Bonchev–Trinajstić information content (AvgIpc) is 3.18. The van der Waals surface area contributed by atoms with Gasteiger partial charge >= 0.3 is 16.4 Å². The highest BCUT2D eigenvalue weighted by Gasteiger charge is 2.41. The highest BCUT2D eigenvalue weighted by Crippen LogP contribution is 2.33. The van der Waals surface area contributed by atoms with Crippen LogP contribution < -0.4 is 0 Å². The van der Waals surface area contributed by atoms with Gasteiger partial charge in [-0.15, -0.1) is 0 Å². The minimum atomic E-state index is -4.59. The second-order valence-corrected chi connectivity index (χ2v) is 9.52. The topological polar surface area (TPSA) is 144 Å². The van der Waals surface area contributed by atoms with Crippen LogP contribution in [0.5, 0.6) is 0 Å².